The quantitative estimate of drug-likeness (QED) is 0.735. The summed E-state index contributed by atoms with van der Waals surface area (Å²) in [7, 11) is -3.66. The van der Waals surface area contributed by atoms with E-state index in [-0.39, 0.29) is 4.90 Å². The standard InChI is InChI=1S/C10H12O4S/c1-8-2-4-9(5-3-8)15(11,12)14-10-6-7-13-10/h2-5,10H,6-7H2,1H3. The van der Waals surface area contributed by atoms with Gasteiger partial charge in [0.05, 0.1) is 11.5 Å². The second kappa shape index (κ2) is 3.92. The first-order valence-electron chi connectivity index (χ1n) is 4.69. The molecule has 1 saturated heterocycles. The second-order valence-electron chi connectivity index (χ2n) is 3.45. The Balaban J connectivity index is 2.17. The Labute approximate surface area is 88.9 Å². The molecule has 0 aromatic heterocycles. The molecule has 1 aliphatic rings. The Morgan fingerprint density at radius 2 is 1.93 bits per heavy atom. The van der Waals surface area contributed by atoms with Gasteiger partial charge in [0.15, 0.2) is 6.29 Å². The first-order chi connectivity index (χ1) is 7.08. The fourth-order valence-corrected chi connectivity index (χ4v) is 2.21. The monoisotopic (exact) mass is 228 g/mol. The first kappa shape index (κ1) is 10.6. The van der Waals surface area contributed by atoms with Gasteiger partial charge < -0.3 is 4.74 Å². The van der Waals surface area contributed by atoms with E-state index >= 15 is 0 Å². The third-order valence-corrected chi connectivity index (χ3v) is 3.52. The van der Waals surface area contributed by atoms with Crippen LogP contribution in [0.4, 0.5) is 0 Å². The maximum absolute atomic E-state index is 11.6. The molecule has 1 unspecified atom stereocenters. The number of ether oxygens (including phenoxy) is 1. The molecule has 0 N–H and O–H groups in total. The van der Waals surface area contributed by atoms with Crippen LogP contribution in [0.2, 0.25) is 0 Å². The molecule has 1 heterocycles. The maximum Gasteiger partial charge on any atom is 0.299 e. The Morgan fingerprint density at radius 1 is 1.33 bits per heavy atom. The van der Waals surface area contributed by atoms with Gasteiger partial charge in [0.25, 0.3) is 10.1 Å². The summed E-state index contributed by atoms with van der Waals surface area (Å²) < 4.78 is 33.0. The molecular formula is C10H12O4S. The highest BCUT2D eigenvalue weighted by molar-refractivity contribution is 7.86. The molecule has 5 heteroatoms. The number of benzene rings is 1. The molecule has 1 aromatic rings. The minimum atomic E-state index is -3.66. The lowest BCUT2D eigenvalue weighted by molar-refractivity contribution is -0.162. The molecule has 0 bridgehead atoms. The second-order valence-corrected chi connectivity index (χ2v) is 5.02. The smallest absolute Gasteiger partial charge is 0.299 e. The van der Waals surface area contributed by atoms with Gasteiger partial charge in [-0.25, -0.2) is 4.18 Å². The van der Waals surface area contributed by atoms with Crippen LogP contribution in [-0.2, 0) is 19.0 Å². The van der Waals surface area contributed by atoms with E-state index in [2.05, 4.69) is 0 Å². The summed E-state index contributed by atoms with van der Waals surface area (Å²) in [4.78, 5) is 0.170. The van der Waals surface area contributed by atoms with Crippen molar-refractivity contribution < 1.29 is 17.3 Å². The molecule has 0 spiro atoms. The predicted octanol–water partition coefficient (Wildman–Crippen LogP) is 1.45. The number of hydrogen-bond acceptors (Lipinski definition) is 4. The van der Waals surface area contributed by atoms with E-state index in [1.807, 2.05) is 6.92 Å². The molecule has 82 valence electrons. The van der Waals surface area contributed by atoms with Gasteiger partial charge in [-0.2, -0.15) is 8.42 Å². The highest BCUT2D eigenvalue weighted by Crippen LogP contribution is 2.20. The van der Waals surface area contributed by atoms with Crippen molar-refractivity contribution in [2.24, 2.45) is 0 Å². The molecule has 0 radical (unpaired) electrons. The number of rotatable bonds is 3. The van der Waals surface area contributed by atoms with Crippen LogP contribution in [0.3, 0.4) is 0 Å². The van der Waals surface area contributed by atoms with Gasteiger partial charge in [0.2, 0.25) is 0 Å². The van der Waals surface area contributed by atoms with E-state index in [1.54, 1.807) is 12.1 Å². The van der Waals surface area contributed by atoms with E-state index in [4.69, 9.17) is 8.92 Å². The lowest BCUT2D eigenvalue weighted by atomic mass is 10.2. The normalized spacial score (nSPS) is 21.0. The topological polar surface area (TPSA) is 52.6 Å². The third-order valence-electron chi connectivity index (χ3n) is 2.20. The van der Waals surface area contributed by atoms with Gasteiger partial charge in [-0.3, -0.25) is 0 Å². The molecule has 1 fully saturated rings. The van der Waals surface area contributed by atoms with Crippen molar-refractivity contribution in [2.75, 3.05) is 6.61 Å². The van der Waals surface area contributed by atoms with E-state index in [0.717, 1.165) is 5.56 Å². The SMILES string of the molecule is Cc1ccc(S(=O)(=O)OC2CCO2)cc1. The van der Waals surface area contributed by atoms with Crippen molar-refractivity contribution in [3.05, 3.63) is 29.8 Å². The molecule has 1 atom stereocenters. The molecule has 0 amide bonds. The van der Waals surface area contributed by atoms with Gasteiger partial charge in [-0.15, -0.1) is 0 Å². The molecular weight excluding hydrogens is 216 g/mol. The summed E-state index contributed by atoms with van der Waals surface area (Å²) in [5.41, 5.74) is 1.01. The van der Waals surface area contributed by atoms with E-state index in [1.165, 1.54) is 12.1 Å². The lowest BCUT2D eigenvalue weighted by Crippen LogP contribution is -2.31. The van der Waals surface area contributed by atoms with Gasteiger partial charge in [-0.05, 0) is 19.1 Å². The highest BCUT2D eigenvalue weighted by atomic mass is 32.2. The molecule has 1 aromatic carbocycles. The van der Waals surface area contributed by atoms with Crippen molar-refractivity contribution >= 4 is 10.1 Å². The van der Waals surface area contributed by atoms with E-state index < -0.39 is 16.4 Å². The van der Waals surface area contributed by atoms with Crippen LogP contribution >= 0.6 is 0 Å². The summed E-state index contributed by atoms with van der Waals surface area (Å²) in [5.74, 6) is 0. The summed E-state index contributed by atoms with van der Waals surface area (Å²) in [5, 5.41) is 0. The van der Waals surface area contributed by atoms with Crippen LogP contribution in [0.1, 0.15) is 12.0 Å². The first-order valence-corrected chi connectivity index (χ1v) is 6.10. The third kappa shape index (κ3) is 2.37. The van der Waals surface area contributed by atoms with Crippen LogP contribution in [0.5, 0.6) is 0 Å². The molecule has 4 nitrogen and oxygen atoms in total. The van der Waals surface area contributed by atoms with E-state index in [9.17, 15) is 8.42 Å². The number of aryl methyl sites for hydroxylation is 1. The molecule has 15 heavy (non-hydrogen) atoms. The van der Waals surface area contributed by atoms with Crippen LogP contribution in [0.15, 0.2) is 29.2 Å². The minimum Gasteiger partial charge on any atom is -0.351 e. The Hall–Kier alpha value is -0.910. The van der Waals surface area contributed by atoms with Crippen LogP contribution < -0.4 is 0 Å². The fourth-order valence-electron chi connectivity index (χ4n) is 1.19. The zero-order chi connectivity index (χ0) is 10.9. The Bertz CT molecular complexity index is 431. The summed E-state index contributed by atoms with van der Waals surface area (Å²) >= 11 is 0. The van der Waals surface area contributed by atoms with Crippen molar-refractivity contribution in [3.63, 3.8) is 0 Å². The van der Waals surface area contributed by atoms with Crippen LogP contribution in [0.25, 0.3) is 0 Å². The van der Waals surface area contributed by atoms with Crippen LogP contribution in [0, 0.1) is 6.92 Å². The fraction of sp³-hybridized carbons (Fsp3) is 0.400. The van der Waals surface area contributed by atoms with Crippen molar-refractivity contribution in [1.29, 1.82) is 0 Å². The van der Waals surface area contributed by atoms with Crippen molar-refractivity contribution in [3.8, 4) is 0 Å². The summed E-state index contributed by atoms with van der Waals surface area (Å²) in [6.07, 6.45) is 0.0294. The average molecular weight is 228 g/mol. The maximum atomic E-state index is 11.6. The van der Waals surface area contributed by atoms with Gasteiger partial charge in [0, 0.05) is 6.42 Å². The molecule has 0 saturated carbocycles. The van der Waals surface area contributed by atoms with E-state index in [0.29, 0.717) is 13.0 Å². The Kier molecular flexibility index (Phi) is 2.77. The molecule has 1 aliphatic heterocycles. The van der Waals surface area contributed by atoms with Crippen molar-refractivity contribution in [1.82, 2.24) is 0 Å². The predicted molar refractivity (Wildman–Crippen MR) is 53.8 cm³/mol. The van der Waals surface area contributed by atoms with Gasteiger partial charge in [0.1, 0.15) is 0 Å². The Morgan fingerprint density at radius 3 is 2.40 bits per heavy atom. The largest absolute Gasteiger partial charge is 0.351 e. The highest BCUT2D eigenvalue weighted by Gasteiger charge is 2.27. The average Bonchev–Trinajstić information content (AvgIpc) is 2.13. The molecule has 0 aliphatic carbocycles. The van der Waals surface area contributed by atoms with Crippen LogP contribution in [-0.4, -0.2) is 21.3 Å². The minimum absolute atomic E-state index is 0.170. The van der Waals surface area contributed by atoms with Crippen molar-refractivity contribution in [2.45, 2.75) is 24.5 Å². The zero-order valence-electron chi connectivity index (χ0n) is 8.34. The molecule has 2 rings (SSSR count). The lowest BCUT2D eigenvalue weighted by Gasteiger charge is -2.25. The summed E-state index contributed by atoms with van der Waals surface area (Å²) in [6.45, 7) is 2.46. The zero-order valence-corrected chi connectivity index (χ0v) is 9.16. The van der Waals surface area contributed by atoms with Gasteiger partial charge in [-0.1, -0.05) is 17.7 Å². The number of hydrogen-bond donors (Lipinski definition) is 0. The van der Waals surface area contributed by atoms with Gasteiger partial charge >= 0.3 is 0 Å². The summed E-state index contributed by atoms with van der Waals surface area (Å²) in [6, 6.07) is 6.53.